The van der Waals surface area contributed by atoms with Gasteiger partial charge in [0.25, 0.3) is 0 Å². The Morgan fingerprint density at radius 3 is 2.53 bits per heavy atom. The molecule has 0 radical (unpaired) electrons. The van der Waals surface area contributed by atoms with E-state index in [0.717, 1.165) is 23.2 Å². The third kappa shape index (κ3) is 4.98. The van der Waals surface area contributed by atoms with E-state index in [2.05, 4.69) is 10.4 Å². The zero-order chi connectivity index (χ0) is 27.0. The number of nitrogens with zero attached hydrogens (tertiary/aromatic N) is 4. The summed E-state index contributed by atoms with van der Waals surface area (Å²) in [6.07, 6.45) is 2.00. The predicted molar refractivity (Wildman–Crippen MR) is 145 cm³/mol. The third-order valence-electron chi connectivity index (χ3n) is 7.46. The molecule has 2 aromatic carbocycles. The number of anilines is 2. The van der Waals surface area contributed by atoms with Crippen molar-refractivity contribution in [2.45, 2.75) is 51.5 Å². The van der Waals surface area contributed by atoms with Crippen molar-refractivity contribution in [1.29, 1.82) is 0 Å². The Kier molecular flexibility index (Phi) is 7.11. The molecule has 3 heterocycles. The quantitative estimate of drug-likeness (QED) is 0.521. The van der Waals surface area contributed by atoms with E-state index in [1.807, 2.05) is 55.5 Å². The van der Waals surface area contributed by atoms with Crippen molar-refractivity contribution in [1.82, 2.24) is 14.1 Å². The number of piperidine rings is 1. The summed E-state index contributed by atoms with van der Waals surface area (Å²) in [5, 5.41) is 7.35. The molecule has 3 aromatic rings. The summed E-state index contributed by atoms with van der Waals surface area (Å²) in [6.45, 7) is 6.31. The molecule has 2 aliphatic rings. The number of benzene rings is 2. The fourth-order valence-electron chi connectivity index (χ4n) is 5.40. The Bertz CT molecular complexity index is 1480. The summed E-state index contributed by atoms with van der Waals surface area (Å²) < 4.78 is 30.4. The average molecular weight is 536 g/mol. The lowest BCUT2D eigenvalue weighted by atomic mass is 9.98. The summed E-state index contributed by atoms with van der Waals surface area (Å²) in [4.78, 5) is 27.9. The highest BCUT2D eigenvalue weighted by molar-refractivity contribution is 7.89. The van der Waals surface area contributed by atoms with Gasteiger partial charge in [0, 0.05) is 31.0 Å². The summed E-state index contributed by atoms with van der Waals surface area (Å²) in [5.41, 5.74) is 4.59. The maximum atomic E-state index is 13.8. The second kappa shape index (κ2) is 10.3. The first-order chi connectivity index (χ1) is 18.1. The Hall–Kier alpha value is -3.50. The van der Waals surface area contributed by atoms with Gasteiger partial charge >= 0.3 is 0 Å². The number of rotatable bonds is 6. The highest BCUT2D eigenvalue weighted by atomic mass is 32.2. The van der Waals surface area contributed by atoms with E-state index in [1.165, 1.54) is 8.99 Å². The van der Waals surface area contributed by atoms with Gasteiger partial charge in [0.05, 0.1) is 17.3 Å². The minimum Gasteiger partial charge on any atom is -0.326 e. The number of sulfonamides is 1. The van der Waals surface area contributed by atoms with Gasteiger partial charge in [0.2, 0.25) is 21.8 Å². The summed E-state index contributed by atoms with van der Waals surface area (Å²) in [7, 11) is -3.91. The molecule has 200 valence electrons. The Morgan fingerprint density at radius 2 is 1.76 bits per heavy atom. The maximum Gasteiger partial charge on any atom is 0.248 e. The smallest absolute Gasteiger partial charge is 0.248 e. The van der Waals surface area contributed by atoms with Crippen LogP contribution in [0.4, 0.5) is 11.4 Å². The molecule has 1 N–H and O–H groups in total. The molecule has 0 spiro atoms. The molecule has 2 amide bonds. The van der Waals surface area contributed by atoms with Crippen molar-refractivity contribution in [3.05, 3.63) is 71.0 Å². The molecule has 5 rings (SSSR count). The third-order valence-corrected chi connectivity index (χ3v) is 9.58. The number of para-hydroxylation sites is 1. The van der Waals surface area contributed by atoms with Crippen LogP contribution in [-0.2, 0) is 32.6 Å². The second-order valence-electron chi connectivity index (χ2n) is 10.1. The summed E-state index contributed by atoms with van der Waals surface area (Å²) in [6, 6.07) is 15.3. The Morgan fingerprint density at radius 1 is 1.03 bits per heavy atom. The van der Waals surface area contributed by atoms with E-state index in [-0.39, 0.29) is 29.8 Å². The predicted octanol–water partition coefficient (Wildman–Crippen LogP) is 3.44. The topological polar surface area (TPSA) is 105 Å². The molecule has 1 fully saturated rings. The Balaban J connectivity index is 1.31. The number of aryl methyl sites for hydroxylation is 2. The van der Waals surface area contributed by atoms with Crippen molar-refractivity contribution in [3.8, 4) is 0 Å². The van der Waals surface area contributed by atoms with Crippen LogP contribution >= 0.6 is 0 Å². The van der Waals surface area contributed by atoms with Gasteiger partial charge in [-0.05, 0) is 63.8 Å². The van der Waals surface area contributed by atoms with Gasteiger partial charge in [-0.1, -0.05) is 35.9 Å². The van der Waals surface area contributed by atoms with Gasteiger partial charge < -0.3 is 10.2 Å². The molecule has 1 saturated heterocycles. The number of fused-ring (bicyclic) bond motifs is 1. The van der Waals surface area contributed by atoms with Crippen LogP contribution in [0.1, 0.15) is 35.4 Å². The molecular weight excluding hydrogens is 502 g/mol. The molecule has 9 nitrogen and oxygen atoms in total. The van der Waals surface area contributed by atoms with E-state index < -0.39 is 15.9 Å². The number of nitrogens with one attached hydrogen (secondary N) is 1. The van der Waals surface area contributed by atoms with Gasteiger partial charge in [-0.25, -0.2) is 8.42 Å². The van der Waals surface area contributed by atoms with Gasteiger partial charge in [-0.2, -0.15) is 9.40 Å². The second-order valence-corrected chi connectivity index (χ2v) is 12.0. The molecule has 1 atom stereocenters. The van der Waals surface area contributed by atoms with E-state index in [0.29, 0.717) is 43.0 Å². The lowest BCUT2D eigenvalue weighted by molar-refractivity contribution is -0.121. The molecule has 2 aliphatic heterocycles. The monoisotopic (exact) mass is 535 g/mol. The van der Waals surface area contributed by atoms with Crippen LogP contribution in [-0.4, -0.2) is 54.0 Å². The highest BCUT2D eigenvalue weighted by Crippen LogP contribution is 2.30. The molecule has 10 heteroatoms. The number of aromatic nitrogens is 2. The lowest BCUT2D eigenvalue weighted by Gasteiger charge is -2.31. The minimum atomic E-state index is -3.91. The van der Waals surface area contributed by atoms with Crippen LogP contribution in [0.15, 0.2) is 53.4 Å². The van der Waals surface area contributed by atoms with E-state index >= 15 is 0 Å². The van der Waals surface area contributed by atoms with Gasteiger partial charge in [-0.3, -0.25) is 14.3 Å². The van der Waals surface area contributed by atoms with E-state index in [9.17, 15) is 18.0 Å². The number of carbonyl (C=O) groups is 2. The fraction of sp³-hybridized carbons (Fsp3) is 0.393. The van der Waals surface area contributed by atoms with Crippen molar-refractivity contribution in [3.63, 3.8) is 0 Å². The van der Waals surface area contributed by atoms with Crippen LogP contribution in [0.2, 0.25) is 0 Å². The fourth-order valence-corrected chi connectivity index (χ4v) is 7.30. The number of amides is 2. The molecule has 38 heavy (non-hydrogen) atoms. The van der Waals surface area contributed by atoms with Crippen LogP contribution in [0.5, 0.6) is 0 Å². The molecule has 0 aliphatic carbocycles. The van der Waals surface area contributed by atoms with E-state index in [4.69, 9.17) is 0 Å². The zero-order valence-corrected chi connectivity index (χ0v) is 22.8. The lowest BCUT2D eigenvalue weighted by Crippen LogP contribution is -2.44. The van der Waals surface area contributed by atoms with Crippen LogP contribution in [0.25, 0.3) is 0 Å². The van der Waals surface area contributed by atoms with Gasteiger partial charge in [0.1, 0.15) is 11.4 Å². The molecule has 0 bridgehead atoms. The average Bonchev–Trinajstić information content (AvgIpc) is 3.46. The zero-order valence-electron chi connectivity index (χ0n) is 22.0. The standard InChI is InChI=1S/C28H33N5O4S/c1-19-10-12-24(13-11-19)29-28(35)23-8-6-15-31(17-23)38(36,37)27-20(2)30-33(21(27)3)18-26(34)32-16-14-22-7-4-5-9-25(22)32/h4-5,7,9-13,23H,6,8,14-18H2,1-3H3,(H,29,35)/t23-/m1/s1. The SMILES string of the molecule is Cc1ccc(NC(=O)[C@@H]2CCCN(S(=O)(=O)c3c(C)nn(CC(=O)N4CCc5ccccc54)c3C)C2)cc1. The highest BCUT2D eigenvalue weighted by Gasteiger charge is 2.37. The van der Waals surface area contributed by atoms with Gasteiger partial charge in [0.15, 0.2) is 0 Å². The van der Waals surface area contributed by atoms with Crippen LogP contribution in [0, 0.1) is 26.7 Å². The summed E-state index contributed by atoms with van der Waals surface area (Å²) in [5.74, 6) is -0.767. The normalized spacial score (nSPS) is 17.9. The van der Waals surface area contributed by atoms with Crippen LogP contribution in [0.3, 0.4) is 0 Å². The first kappa shape index (κ1) is 26.1. The first-order valence-corrected chi connectivity index (χ1v) is 14.4. The Labute approximate surface area is 223 Å². The molecular formula is C28H33N5O4S. The number of hydrogen-bond donors (Lipinski definition) is 1. The van der Waals surface area contributed by atoms with Crippen molar-refractivity contribution < 1.29 is 18.0 Å². The van der Waals surface area contributed by atoms with Crippen molar-refractivity contribution in [2.75, 3.05) is 29.9 Å². The summed E-state index contributed by atoms with van der Waals surface area (Å²) >= 11 is 0. The molecule has 1 aromatic heterocycles. The van der Waals surface area contributed by atoms with Gasteiger partial charge in [-0.15, -0.1) is 0 Å². The number of hydrogen-bond acceptors (Lipinski definition) is 5. The van der Waals surface area contributed by atoms with Crippen molar-refractivity contribution in [2.24, 2.45) is 5.92 Å². The largest absolute Gasteiger partial charge is 0.326 e. The minimum absolute atomic E-state index is 0.0435. The van der Waals surface area contributed by atoms with Crippen molar-refractivity contribution >= 4 is 33.2 Å². The molecule has 0 saturated carbocycles. The number of carbonyl (C=O) groups excluding carboxylic acids is 2. The van der Waals surface area contributed by atoms with Crippen LogP contribution < -0.4 is 10.2 Å². The molecule has 0 unspecified atom stereocenters. The van der Waals surface area contributed by atoms with E-state index in [1.54, 1.807) is 18.7 Å². The first-order valence-electron chi connectivity index (χ1n) is 12.9. The maximum absolute atomic E-state index is 13.8.